The molecule has 0 heterocycles. The minimum Gasteiger partial charge on any atom is -0.490 e. The monoisotopic (exact) mass is 594 g/mol. The highest BCUT2D eigenvalue weighted by atomic mass is 16.6. The maximum Gasteiger partial charge on any atom is 0.303 e. The minimum atomic E-state index is -0.577. The van der Waals surface area contributed by atoms with Crippen molar-refractivity contribution < 1.29 is 28.6 Å². The van der Waals surface area contributed by atoms with E-state index in [9.17, 15) is 14.4 Å². The van der Waals surface area contributed by atoms with Crippen LogP contribution in [0.3, 0.4) is 0 Å². The third kappa shape index (κ3) is 10.7. The van der Waals surface area contributed by atoms with Gasteiger partial charge in [0.2, 0.25) is 0 Å². The van der Waals surface area contributed by atoms with E-state index in [1.807, 2.05) is 103 Å². The average Bonchev–Trinajstić information content (AvgIpc) is 3.03. The maximum atomic E-state index is 12.6. The highest BCUT2D eigenvalue weighted by Gasteiger charge is 2.26. The lowest BCUT2D eigenvalue weighted by Crippen LogP contribution is -2.46. The molecule has 0 bridgehead atoms. The minimum absolute atomic E-state index is 0.140. The lowest BCUT2D eigenvalue weighted by molar-refractivity contribution is -0.149. The summed E-state index contributed by atoms with van der Waals surface area (Å²) < 4.78 is 17.2. The quantitative estimate of drug-likeness (QED) is 0.171. The van der Waals surface area contributed by atoms with Crippen LogP contribution in [0.25, 0.3) is 0 Å². The Labute approximate surface area is 258 Å². The van der Waals surface area contributed by atoms with Crippen LogP contribution >= 0.6 is 0 Å². The van der Waals surface area contributed by atoms with E-state index in [0.29, 0.717) is 36.5 Å². The van der Waals surface area contributed by atoms with Gasteiger partial charge in [-0.15, -0.1) is 0 Å². The highest BCUT2D eigenvalue weighted by molar-refractivity contribution is 6.04. The van der Waals surface area contributed by atoms with Crippen LogP contribution in [0.15, 0.2) is 115 Å². The van der Waals surface area contributed by atoms with E-state index >= 15 is 0 Å². The summed E-state index contributed by atoms with van der Waals surface area (Å²) >= 11 is 0. The number of ether oxygens (including phenoxy) is 3. The molecule has 2 atom stereocenters. The topological polar surface area (TPSA) is 94.2 Å². The number of hydrogen-bond acceptors (Lipinski definition) is 7. The van der Waals surface area contributed by atoms with Gasteiger partial charge in [0.1, 0.15) is 25.1 Å². The largest absolute Gasteiger partial charge is 0.490 e. The van der Waals surface area contributed by atoms with Crippen molar-refractivity contribution in [1.82, 2.24) is 4.90 Å². The number of carbonyl (C=O) groups is 3. The van der Waals surface area contributed by atoms with Gasteiger partial charge in [0.15, 0.2) is 0 Å². The molecule has 228 valence electrons. The Kier molecular flexibility index (Phi) is 12.1. The number of esters is 2. The van der Waals surface area contributed by atoms with E-state index in [-0.39, 0.29) is 31.1 Å². The van der Waals surface area contributed by atoms with E-state index < -0.39 is 12.1 Å². The van der Waals surface area contributed by atoms with Gasteiger partial charge in [0, 0.05) is 44.2 Å². The van der Waals surface area contributed by atoms with Crippen LogP contribution in [0, 0.1) is 0 Å². The molecule has 4 aromatic carbocycles. The van der Waals surface area contributed by atoms with Crippen LogP contribution in [0.4, 0.5) is 5.69 Å². The summed E-state index contributed by atoms with van der Waals surface area (Å²) in [5, 5.41) is 2.93. The van der Waals surface area contributed by atoms with Gasteiger partial charge in [-0.2, -0.15) is 0 Å². The standard InChI is InChI=1S/C36H38N2O6/c1-27(39)42-25-33(22-29-18-20-32(21-19-29)37-36(41)31-14-8-4-9-15-31)38(23-30-12-6-3-7-13-30)24-35(44-28(2)40)26-43-34-16-10-5-11-17-34/h3-21,33,35H,22-26H2,1-2H3,(H,37,41)/t33-,35-/m0/s1. The number of carbonyl (C=O) groups excluding carboxylic acids is 3. The summed E-state index contributed by atoms with van der Waals surface area (Å²) in [5.74, 6) is -0.293. The van der Waals surface area contributed by atoms with Crippen LogP contribution in [0.2, 0.25) is 0 Å². The second-order valence-corrected chi connectivity index (χ2v) is 10.4. The second-order valence-electron chi connectivity index (χ2n) is 10.4. The molecular formula is C36H38N2O6. The summed E-state index contributed by atoms with van der Waals surface area (Å²) in [7, 11) is 0. The molecule has 44 heavy (non-hydrogen) atoms. The van der Waals surface area contributed by atoms with E-state index in [1.54, 1.807) is 12.1 Å². The van der Waals surface area contributed by atoms with Gasteiger partial charge in [-0.3, -0.25) is 19.3 Å². The molecule has 4 aromatic rings. The summed E-state index contributed by atoms with van der Waals surface area (Å²) in [6, 6.07) is 35.7. The molecule has 1 N–H and O–H groups in total. The van der Waals surface area contributed by atoms with Crippen LogP contribution in [-0.2, 0) is 32.0 Å². The summed E-state index contributed by atoms with van der Waals surface area (Å²) in [6.45, 7) is 3.94. The zero-order valence-electron chi connectivity index (χ0n) is 25.1. The molecule has 0 spiro atoms. The van der Waals surface area contributed by atoms with Crippen molar-refractivity contribution in [3.05, 3.63) is 132 Å². The molecule has 0 radical (unpaired) electrons. The van der Waals surface area contributed by atoms with Crippen molar-refractivity contribution in [1.29, 1.82) is 0 Å². The van der Waals surface area contributed by atoms with Gasteiger partial charge in [-0.1, -0.05) is 78.9 Å². The first-order chi connectivity index (χ1) is 21.4. The Hall–Kier alpha value is -4.95. The summed E-state index contributed by atoms with van der Waals surface area (Å²) in [5.41, 5.74) is 3.30. The molecule has 0 saturated heterocycles. The smallest absolute Gasteiger partial charge is 0.303 e. The Bertz CT molecular complexity index is 1460. The fourth-order valence-corrected chi connectivity index (χ4v) is 4.78. The van der Waals surface area contributed by atoms with E-state index in [4.69, 9.17) is 14.2 Å². The number of nitrogens with zero attached hydrogens (tertiary/aromatic N) is 1. The fourth-order valence-electron chi connectivity index (χ4n) is 4.78. The first kappa shape index (κ1) is 32.0. The lowest BCUT2D eigenvalue weighted by Gasteiger charge is -2.34. The Morgan fingerprint density at radius 3 is 1.93 bits per heavy atom. The summed E-state index contributed by atoms with van der Waals surface area (Å²) in [6.07, 6.45) is -0.0360. The normalized spacial score (nSPS) is 12.2. The van der Waals surface area contributed by atoms with Gasteiger partial charge in [0.25, 0.3) is 5.91 Å². The molecule has 0 unspecified atom stereocenters. The molecule has 0 aliphatic rings. The molecule has 8 heteroatoms. The van der Waals surface area contributed by atoms with E-state index in [0.717, 1.165) is 11.1 Å². The van der Waals surface area contributed by atoms with Crippen molar-refractivity contribution in [2.45, 2.75) is 39.0 Å². The number of anilines is 1. The highest BCUT2D eigenvalue weighted by Crippen LogP contribution is 2.19. The molecule has 8 nitrogen and oxygen atoms in total. The molecule has 0 saturated carbocycles. The van der Waals surface area contributed by atoms with Crippen LogP contribution < -0.4 is 10.1 Å². The van der Waals surface area contributed by atoms with E-state index in [2.05, 4.69) is 10.2 Å². The van der Waals surface area contributed by atoms with Crippen molar-refractivity contribution in [2.24, 2.45) is 0 Å². The third-order valence-electron chi connectivity index (χ3n) is 6.89. The number of para-hydroxylation sites is 1. The van der Waals surface area contributed by atoms with Crippen molar-refractivity contribution in [3.8, 4) is 5.75 Å². The van der Waals surface area contributed by atoms with Crippen molar-refractivity contribution in [3.63, 3.8) is 0 Å². The number of benzene rings is 4. The predicted octanol–water partition coefficient (Wildman–Crippen LogP) is 5.93. The zero-order valence-corrected chi connectivity index (χ0v) is 25.1. The average molecular weight is 595 g/mol. The number of amides is 1. The molecule has 1 amide bonds. The van der Waals surface area contributed by atoms with E-state index in [1.165, 1.54) is 13.8 Å². The van der Waals surface area contributed by atoms with Gasteiger partial charge >= 0.3 is 11.9 Å². The van der Waals surface area contributed by atoms with Gasteiger partial charge in [-0.25, -0.2) is 0 Å². The first-order valence-corrected chi connectivity index (χ1v) is 14.6. The number of rotatable bonds is 15. The lowest BCUT2D eigenvalue weighted by atomic mass is 10.0. The first-order valence-electron chi connectivity index (χ1n) is 14.6. The molecule has 0 aliphatic heterocycles. The third-order valence-corrected chi connectivity index (χ3v) is 6.89. The molecule has 0 fully saturated rings. The maximum absolute atomic E-state index is 12.6. The molecule has 0 aliphatic carbocycles. The SMILES string of the molecule is CC(=O)OC[C@H](Cc1ccc(NC(=O)c2ccccc2)cc1)N(Cc1ccccc1)C[C@@H](COc1ccccc1)OC(C)=O. The van der Waals surface area contributed by atoms with Gasteiger partial charge in [0.05, 0.1) is 0 Å². The molecule has 4 rings (SSSR count). The van der Waals surface area contributed by atoms with Crippen LogP contribution in [0.1, 0.15) is 35.3 Å². The van der Waals surface area contributed by atoms with Crippen molar-refractivity contribution >= 4 is 23.5 Å². The molecule has 0 aromatic heterocycles. The number of hydrogen-bond donors (Lipinski definition) is 1. The second kappa shape index (κ2) is 16.6. The van der Waals surface area contributed by atoms with Gasteiger partial charge < -0.3 is 19.5 Å². The Balaban J connectivity index is 1.54. The number of nitrogens with one attached hydrogen (secondary N) is 1. The van der Waals surface area contributed by atoms with Crippen LogP contribution in [-0.4, -0.2) is 54.7 Å². The predicted molar refractivity (Wildman–Crippen MR) is 169 cm³/mol. The molecular weight excluding hydrogens is 556 g/mol. The Morgan fingerprint density at radius 2 is 1.32 bits per heavy atom. The van der Waals surface area contributed by atoms with Gasteiger partial charge in [-0.05, 0) is 53.9 Å². The Morgan fingerprint density at radius 1 is 0.705 bits per heavy atom. The zero-order chi connectivity index (χ0) is 31.1. The fraction of sp³-hybridized carbons (Fsp3) is 0.250. The van der Waals surface area contributed by atoms with Crippen LogP contribution in [0.5, 0.6) is 5.75 Å². The summed E-state index contributed by atoms with van der Waals surface area (Å²) in [4.78, 5) is 38.7. The van der Waals surface area contributed by atoms with Crippen molar-refractivity contribution in [2.75, 3.05) is 25.1 Å².